The van der Waals surface area contributed by atoms with E-state index in [1.54, 1.807) is 24.3 Å². The number of nitrogens with zero attached hydrogens (tertiary/aromatic N) is 6. The first-order chi connectivity index (χ1) is 15.5. The van der Waals surface area contributed by atoms with Crippen molar-refractivity contribution in [3.63, 3.8) is 0 Å². The van der Waals surface area contributed by atoms with Gasteiger partial charge in [-0.15, -0.1) is 16.9 Å². The van der Waals surface area contributed by atoms with Gasteiger partial charge in [0.15, 0.2) is 5.69 Å². The van der Waals surface area contributed by atoms with Gasteiger partial charge >= 0.3 is 0 Å². The molecule has 0 aliphatic heterocycles. The Balaban J connectivity index is 1.56. The molecule has 0 bridgehead atoms. The lowest BCUT2D eigenvalue weighted by atomic mass is 10.2. The third-order valence-corrected chi connectivity index (χ3v) is 5.60. The summed E-state index contributed by atoms with van der Waals surface area (Å²) in [6.45, 7) is 2.01. The second-order valence-corrected chi connectivity index (χ2v) is 8.11. The van der Waals surface area contributed by atoms with Crippen molar-refractivity contribution < 1.29 is 9.42 Å². The second kappa shape index (κ2) is 9.62. The number of anilines is 1. The number of hydrazone groups is 1. The van der Waals surface area contributed by atoms with E-state index >= 15 is 0 Å². The highest BCUT2D eigenvalue weighted by molar-refractivity contribution is 7.98. The van der Waals surface area contributed by atoms with Crippen LogP contribution in [0.2, 0.25) is 5.02 Å². The molecule has 0 fully saturated rings. The summed E-state index contributed by atoms with van der Waals surface area (Å²) in [5, 5.41) is 20.0. The first-order valence-electron chi connectivity index (χ1n) is 9.32. The van der Waals surface area contributed by atoms with Crippen LogP contribution in [0.5, 0.6) is 0 Å². The average Bonchev–Trinajstić information content (AvgIpc) is 3.40. The number of halogens is 1. The fourth-order valence-corrected chi connectivity index (χ4v) is 3.69. The Labute approximate surface area is 191 Å². The van der Waals surface area contributed by atoms with E-state index in [0.29, 0.717) is 16.5 Å². The Morgan fingerprint density at radius 2 is 1.97 bits per heavy atom. The van der Waals surface area contributed by atoms with Gasteiger partial charge in [-0.2, -0.15) is 9.78 Å². The Kier molecular flexibility index (Phi) is 6.47. The van der Waals surface area contributed by atoms with Crippen molar-refractivity contribution in [2.75, 3.05) is 5.73 Å². The van der Waals surface area contributed by atoms with E-state index < -0.39 is 5.91 Å². The summed E-state index contributed by atoms with van der Waals surface area (Å²) >= 11 is 7.38. The van der Waals surface area contributed by atoms with Crippen molar-refractivity contribution in [3.05, 3.63) is 76.1 Å². The van der Waals surface area contributed by atoms with Crippen LogP contribution in [0.15, 0.2) is 63.2 Å². The molecule has 0 saturated carbocycles. The normalized spacial score (nSPS) is 11.2. The number of carbonyl (C=O) groups excluding carboxylic acids is 1. The van der Waals surface area contributed by atoms with E-state index in [2.05, 4.69) is 35.8 Å². The first kappa shape index (κ1) is 21.5. The SMILES string of the molecule is Cc1ccc(SCc2c(C(=O)N/N=C/c3ccc(Cl)cc3)nnn2-c2nonc2N)cc1. The number of benzene rings is 2. The number of hydrogen-bond acceptors (Lipinski definition) is 9. The molecule has 0 saturated heterocycles. The van der Waals surface area contributed by atoms with E-state index in [1.165, 1.54) is 22.7 Å². The first-order valence-corrected chi connectivity index (χ1v) is 10.7. The predicted octanol–water partition coefficient (Wildman–Crippen LogP) is 3.25. The number of amides is 1. The molecule has 12 heteroatoms. The lowest BCUT2D eigenvalue weighted by Crippen LogP contribution is -2.20. The summed E-state index contributed by atoms with van der Waals surface area (Å²) in [4.78, 5) is 13.8. The van der Waals surface area contributed by atoms with Crippen molar-refractivity contribution in [2.24, 2.45) is 5.10 Å². The fourth-order valence-electron chi connectivity index (χ4n) is 2.67. The van der Waals surface area contributed by atoms with Crippen molar-refractivity contribution in [1.29, 1.82) is 0 Å². The molecular formula is C20H17ClN8O2S. The van der Waals surface area contributed by atoms with Crippen LogP contribution in [0.3, 0.4) is 0 Å². The molecule has 4 rings (SSSR count). The second-order valence-electron chi connectivity index (χ2n) is 6.62. The maximum absolute atomic E-state index is 12.8. The zero-order chi connectivity index (χ0) is 22.5. The zero-order valence-corrected chi connectivity index (χ0v) is 18.3. The smallest absolute Gasteiger partial charge is 0.293 e. The predicted molar refractivity (Wildman–Crippen MR) is 121 cm³/mol. The van der Waals surface area contributed by atoms with Crippen LogP contribution < -0.4 is 11.2 Å². The summed E-state index contributed by atoms with van der Waals surface area (Å²) in [6.07, 6.45) is 1.50. The molecule has 10 nitrogen and oxygen atoms in total. The summed E-state index contributed by atoms with van der Waals surface area (Å²) in [7, 11) is 0. The van der Waals surface area contributed by atoms with Crippen molar-refractivity contribution in [1.82, 2.24) is 30.7 Å². The van der Waals surface area contributed by atoms with Crippen LogP contribution in [0.4, 0.5) is 5.82 Å². The number of nitrogen functional groups attached to an aromatic ring is 1. The number of rotatable bonds is 7. The average molecular weight is 469 g/mol. The van der Waals surface area contributed by atoms with Gasteiger partial charge < -0.3 is 5.73 Å². The Morgan fingerprint density at radius 3 is 2.66 bits per heavy atom. The molecule has 32 heavy (non-hydrogen) atoms. The van der Waals surface area contributed by atoms with Crippen LogP contribution in [-0.2, 0) is 5.75 Å². The topological polar surface area (TPSA) is 137 Å². The van der Waals surface area contributed by atoms with Gasteiger partial charge in [-0.3, -0.25) is 4.79 Å². The number of thioether (sulfide) groups is 1. The number of aromatic nitrogens is 5. The number of hydrogen-bond donors (Lipinski definition) is 2. The van der Waals surface area contributed by atoms with Crippen LogP contribution in [0.1, 0.15) is 27.3 Å². The molecule has 4 aromatic rings. The lowest BCUT2D eigenvalue weighted by molar-refractivity contribution is 0.0949. The Bertz CT molecular complexity index is 1250. The van der Waals surface area contributed by atoms with Gasteiger partial charge in [0.05, 0.1) is 11.9 Å². The van der Waals surface area contributed by atoms with Crippen LogP contribution in [0, 0.1) is 6.92 Å². The third-order valence-electron chi connectivity index (χ3n) is 4.32. The summed E-state index contributed by atoms with van der Waals surface area (Å²) < 4.78 is 6.01. The summed E-state index contributed by atoms with van der Waals surface area (Å²) in [5.41, 5.74) is 10.8. The van der Waals surface area contributed by atoms with E-state index in [1.807, 2.05) is 31.2 Å². The molecule has 1 amide bonds. The van der Waals surface area contributed by atoms with Crippen LogP contribution in [-0.4, -0.2) is 37.4 Å². The standard InChI is InChI=1S/C20H17ClN8O2S/c1-12-2-8-15(9-3-12)32-11-16-17(24-28-29(16)19-18(22)26-31-27-19)20(30)25-23-10-13-4-6-14(21)7-5-13/h2-10H,11H2,1H3,(H2,22,26)(H,25,30)/b23-10+. The summed E-state index contributed by atoms with van der Waals surface area (Å²) in [6, 6.07) is 15.0. The fraction of sp³-hybridized carbons (Fsp3) is 0.100. The maximum Gasteiger partial charge on any atom is 0.293 e. The van der Waals surface area contributed by atoms with Crippen molar-refractivity contribution in [3.8, 4) is 5.82 Å². The highest BCUT2D eigenvalue weighted by Gasteiger charge is 2.24. The number of nitrogens with two attached hydrogens (primary N) is 1. The van der Waals surface area contributed by atoms with Gasteiger partial charge in [0, 0.05) is 15.7 Å². The monoisotopic (exact) mass is 468 g/mol. The molecule has 0 radical (unpaired) electrons. The molecule has 3 N–H and O–H groups in total. The maximum atomic E-state index is 12.8. The quantitative estimate of drug-likeness (QED) is 0.239. The molecule has 0 atom stereocenters. The number of nitrogens with one attached hydrogen (secondary N) is 1. The van der Waals surface area contributed by atoms with Gasteiger partial charge in [0.2, 0.25) is 11.6 Å². The van der Waals surface area contributed by atoms with Crippen LogP contribution >= 0.6 is 23.4 Å². The molecule has 2 aromatic carbocycles. The van der Waals surface area contributed by atoms with Gasteiger partial charge in [-0.1, -0.05) is 46.6 Å². The summed E-state index contributed by atoms with van der Waals surface area (Å²) in [5.74, 6) is 0.0207. The number of carbonyl (C=O) groups is 1. The molecule has 162 valence electrons. The van der Waals surface area contributed by atoms with Crippen LogP contribution in [0.25, 0.3) is 5.82 Å². The van der Waals surface area contributed by atoms with Gasteiger partial charge in [-0.05, 0) is 47.1 Å². The highest BCUT2D eigenvalue weighted by atomic mass is 35.5. The molecule has 0 aliphatic carbocycles. The van der Waals surface area contributed by atoms with Gasteiger partial charge in [0.25, 0.3) is 5.91 Å². The zero-order valence-electron chi connectivity index (χ0n) is 16.8. The minimum absolute atomic E-state index is 0.0317. The third kappa shape index (κ3) is 4.95. The van der Waals surface area contributed by atoms with Gasteiger partial charge in [-0.25, -0.2) is 10.1 Å². The molecule has 2 aromatic heterocycles. The minimum Gasteiger partial charge on any atom is -0.378 e. The lowest BCUT2D eigenvalue weighted by Gasteiger charge is -2.06. The molecule has 0 unspecified atom stereocenters. The minimum atomic E-state index is -0.531. The van der Waals surface area contributed by atoms with Crippen molar-refractivity contribution in [2.45, 2.75) is 17.6 Å². The molecule has 2 heterocycles. The van der Waals surface area contributed by atoms with Gasteiger partial charge in [0.1, 0.15) is 0 Å². The Morgan fingerprint density at radius 1 is 1.22 bits per heavy atom. The molecule has 0 aliphatic rings. The van der Waals surface area contributed by atoms with E-state index in [-0.39, 0.29) is 17.3 Å². The van der Waals surface area contributed by atoms with Crippen molar-refractivity contribution >= 4 is 41.3 Å². The van der Waals surface area contributed by atoms with E-state index in [0.717, 1.165) is 16.0 Å². The Hall–Kier alpha value is -3.70. The highest BCUT2D eigenvalue weighted by Crippen LogP contribution is 2.26. The largest absolute Gasteiger partial charge is 0.378 e. The molecule has 0 spiro atoms. The molecular weight excluding hydrogens is 452 g/mol. The van der Waals surface area contributed by atoms with E-state index in [4.69, 9.17) is 17.3 Å². The number of aryl methyl sites for hydroxylation is 1. The van der Waals surface area contributed by atoms with E-state index in [9.17, 15) is 4.79 Å².